The number of β-lactam (4-membered cyclic amide) rings is 1. The number of hydrogen-bond donors (Lipinski definition) is 1. The van der Waals surface area contributed by atoms with E-state index in [1.165, 1.54) is 28.0 Å². The second-order valence-corrected chi connectivity index (χ2v) is 11.1. The Bertz CT molecular complexity index is 1440. The van der Waals surface area contributed by atoms with Crippen molar-refractivity contribution in [1.29, 1.82) is 0 Å². The van der Waals surface area contributed by atoms with Crippen molar-refractivity contribution < 1.29 is 23.9 Å². The van der Waals surface area contributed by atoms with Crippen molar-refractivity contribution in [2.75, 3.05) is 12.9 Å². The molecule has 0 spiro atoms. The van der Waals surface area contributed by atoms with Gasteiger partial charge in [-0.25, -0.2) is 9.78 Å². The van der Waals surface area contributed by atoms with Crippen LogP contribution in [0, 0.1) is 0 Å². The SMILES string of the molecule is COc1ccc(COC(=O)C2=C(C=Cc3scnc3Cl)CS[C@@H]3C(NC(=O)Cc4ccccc4)C(=O)N23)cc1. The van der Waals surface area contributed by atoms with Crippen LogP contribution < -0.4 is 10.1 Å². The van der Waals surface area contributed by atoms with Crippen LogP contribution in [0.15, 0.2) is 77.5 Å². The summed E-state index contributed by atoms with van der Waals surface area (Å²) < 4.78 is 10.8. The largest absolute Gasteiger partial charge is 0.497 e. The van der Waals surface area contributed by atoms with Crippen molar-refractivity contribution >= 4 is 58.6 Å². The topological polar surface area (TPSA) is 97.8 Å². The number of aromatic nitrogens is 1. The first-order valence-corrected chi connectivity index (χ1v) is 14.3. The standard InChI is InChI=1S/C28H24ClN3O5S2/c1-36-20-10-7-18(8-11-20)14-37-28(35)24-19(9-12-21-25(29)30-16-39-21)15-38-27-23(26(34)32(24)27)31-22(33)13-17-5-3-2-4-6-17/h2-12,16,23,27H,13-15H2,1H3,(H,31,33)/t23?,27-/m1/s1. The average molecular weight is 582 g/mol. The summed E-state index contributed by atoms with van der Waals surface area (Å²) in [7, 11) is 1.58. The molecule has 1 fully saturated rings. The number of hydrogen-bond acceptors (Lipinski definition) is 8. The first-order chi connectivity index (χ1) is 18.9. The summed E-state index contributed by atoms with van der Waals surface area (Å²) in [5.41, 5.74) is 4.06. The number of nitrogens with zero attached hydrogens (tertiary/aromatic N) is 2. The van der Waals surface area contributed by atoms with Gasteiger partial charge in [-0.15, -0.1) is 23.1 Å². The number of thioether (sulfide) groups is 1. The lowest BCUT2D eigenvalue weighted by molar-refractivity contribution is -0.153. The van der Waals surface area contributed by atoms with E-state index in [4.69, 9.17) is 21.1 Å². The molecule has 2 aliphatic heterocycles. The number of benzene rings is 2. The number of carbonyl (C=O) groups excluding carboxylic acids is 3. The van der Waals surface area contributed by atoms with Gasteiger partial charge in [0.05, 0.1) is 23.9 Å². The highest BCUT2D eigenvalue weighted by atomic mass is 35.5. The molecule has 11 heteroatoms. The summed E-state index contributed by atoms with van der Waals surface area (Å²) in [5.74, 6) is -0.0850. The van der Waals surface area contributed by atoms with Gasteiger partial charge in [-0.05, 0) is 34.9 Å². The van der Waals surface area contributed by atoms with E-state index in [1.54, 1.807) is 49.0 Å². The molecule has 3 heterocycles. The van der Waals surface area contributed by atoms with Gasteiger partial charge in [0.25, 0.3) is 5.91 Å². The minimum atomic E-state index is -0.725. The van der Waals surface area contributed by atoms with Gasteiger partial charge in [-0.3, -0.25) is 14.5 Å². The summed E-state index contributed by atoms with van der Waals surface area (Å²) in [6, 6.07) is 15.8. The van der Waals surface area contributed by atoms with Crippen LogP contribution in [-0.2, 0) is 32.1 Å². The number of carbonyl (C=O) groups is 3. The van der Waals surface area contributed by atoms with Crippen molar-refractivity contribution in [3.05, 3.63) is 98.6 Å². The number of rotatable bonds is 9. The zero-order valence-corrected chi connectivity index (χ0v) is 23.2. The van der Waals surface area contributed by atoms with Crippen LogP contribution in [-0.4, -0.2) is 51.9 Å². The van der Waals surface area contributed by atoms with Crippen molar-refractivity contribution in [2.45, 2.75) is 24.4 Å². The number of amides is 2. The third-order valence-electron chi connectivity index (χ3n) is 6.23. The number of fused-ring (bicyclic) bond motifs is 1. The molecule has 1 N–H and O–H groups in total. The second kappa shape index (κ2) is 12.1. The van der Waals surface area contributed by atoms with E-state index in [0.717, 1.165) is 16.0 Å². The highest BCUT2D eigenvalue weighted by molar-refractivity contribution is 8.00. The average Bonchev–Trinajstić information content (AvgIpc) is 3.38. The summed E-state index contributed by atoms with van der Waals surface area (Å²) in [6.45, 7) is 0.0288. The van der Waals surface area contributed by atoms with Crippen LogP contribution in [0.25, 0.3) is 6.08 Å². The lowest BCUT2D eigenvalue weighted by atomic mass is 10.0. The zero-order chi connectivity index (χ0) is 27.4. The van der Waals surface area contributed by atoms with Gasteiger partial charge < -0.3 is 14.8 Å². The summed E-state index contributed by atoms with van der Waals surface area (Å²) >= 11 is 8.97. The Balaban J connectivity index is 1.34. The van der Waals surface area contributed by atoms with E-state index in [2.05, 4.69) is 10.3 Å². The molecule has 2 amide bonds. The molecule has 39 heavy (non-hydrogen) atoms. The van der Waals surface area contributed by atoms with Crippen LogP contribution in [0.4, 0.5) is 0 Å². The first kappa shape index (κ1) is 27.0. The molecular formula is C28H24ClN3O5S2. The molecule has 3 aromatic rings. The van der Waals surface area contributed by atoms with Crippen molar-refractivity contribution in [1.82, 2.24) is 15.2 Å². The van der Waals surface area contributed by atoms with Crippen LogP contribution in [0.1, 0.15) is 16.0 Å². The molecule has 2 aromatic carbocycles. The molecule has 1 saturated heterocycles. The van der Waals surface area contributed by atoms with Gasteiger partial charge in [-0.2, -0.15) is 0 Å². The third kappa shape index (κ3) is 6.03. The van der Waals surface area contributed by atoms with E-state index in [-0.39, 0.29) is 30.5 Å². The molecule has 8 nitrogen and oxygen atoms in total. The summed E-state index contributed by atoms with van der Waals surface area (Å²) in [6.07, 6.45) is 3.70. The fraction of sp³-hybridized carbons (Fsp3) is 0.214. The smallest absolute Gasteiger partial charge is 0.355 e. The molecule has 2 aliphatic rings. The maximum absolute atomic E-state index is 13.4. The summed E-state index contributed by atoms with van der Waals surface area (Å²) in [5, 5.41) is 2.79. The van der Waals surface area contributed by atoms with Crippen LogP contribution in [0.5, 0.6) is 5.75 Å². The molecule has 2 atom stereocenters. The predicted molar refractivity (Wildman–Crippen MR) is 151 cm³/mol. The lowest BCUT2D eigenvalue weighted by Crippen LogP contribution is -2.70. The fourth-order valence-corrected chi connectivity index (χ4v) is 6.42. The second-order valence-electron chi connectivity index (χ2n) is 8.76. The van der Waals surface area contributed by atoms with Gasteiger partial charge in [0.2, 0.25) is 5.91 Å². The Morgan fingerprint density at radius 2 is 1.90 bits per heavy atom. The molecule has 200 valence electrons. The Morgan fingerprint density at radius 1 is 1.13 bits per heavy atom. The minimum absolute atomic E-state index is 0.0288. The van der Waals surface area contributed by atoms with E-state index < -0.39 is 17.4 Å². The highest BCUT2D eigenvalue weighted by Crippen LogP contribution is 2.41. The molecule has 5 rings (SSSR count). The summed E-state index contributed by atoms with van der Waals surface area (Å²) in [4.78, 5) is 45.5. The lowest BCUT2D eigenvalue weighted by Gasteiger charge is -2.49. The van der Waals surface area contributed by atoms with Gasteiger partial charge in [0.15, 0.2) is 0 Å². The van der Waals surface area contributed by atoms with Gasteiger partial charge in [0.1, 0.15) is 34.6 Å². The molecule has 0 bridgehead atoms. The molecule has 1 unspecified atom stereocenters. The molecular weight excluding hydrogens is 558 g/mol. The fourth-order valence-electron chi connectivity index (χ4n) is 4.23. The molecule has 0 radical (unpaired) electrons. The number of esters is 1. The van der Waals surface area contributed by atoms with Gasteiger partial charge in [-0.1, -0.05) is 60.1 Å². The zero-order valence-electron chi connectivity index (χ0n) is 20.8. The first-order valence-electron chi connectivity index (χ1n) is 12.0. The van der Waals surface area contributed by atoms with Crippen molar-refractivity contribution in [3.63, 3.8) is 0 Å². The Labute approximate surface area is 238 Å². The molecule has 1 aromatic heterocycles. The number of thiazole rings is 1. The van der Waals surface area contributed by atoms with Crippen molar-refractivity contribution in [3.8, 4) is 5.75 Å². The number of allylic oxidation sites excluding steroid dienone is 1. The molecule has 0 saturated carbocycles. The van der Waals surface area contributed by atoms with Gasteiger partial charge >= 0.3 is 5.97 Å². The maximum atomic E-state index is 13.4. The highest BCUT2D eigenvalue weighted by Gasteiger charge is 2.54. The van der Waals surface area contributed by atoms with E-state index >= 15 is 0 Å². The quantitative estimate of drug-likeness (QED) is 0.294. The van der Waals surface area contributed by atoms with Crippen LogP contribution >= 0.6 is 34.7 Å². The Hall–Kier alpha value is -3.60. The van der Waals surface area contributed by atoms with Crippen LogP contribution in [0.2, 0.25) is 5.15 Å². The van der Waals surface area contributed by atoms with Crippen molar-refractivity contribution in [2.24, 2.45) is 0 Å². The minimum Gasteiger partial charge on any atom is -0.497 e. The van der Waals surface area contributed by atoms with E-state index in [9.17, 15) is 14.4 Å². The van der Waals surface area contributed by atoms with E-state index in [1.807, 2.05) is 30.3 Å². The van der Waals surface area contributed by atoms with Gasteiger partial charge in [0, 0.05) is 5.75 Å². The normalized spacial score (nSPS) is 18.5. The number of methoxy groups -OCH3 is 1. The van der Waals surface area contributed by atoms with E-state index in [0.29, 0.717) is 22.2 Å². The number of ether oxygens (including phenoxy) is 2. The number of nitrogens with one attached hydrogen (secondary N) is 1. The monoisotopic (exact) mass is 581 g/mol. The maximum Gasteiger partial charge on any atom is 0.355 e. The predicted octanol–water partition coefficient (Wildman–Crippen LogP) is 4.46. The Morgan fingerprint density at radius 3 is 2.59 bits per heavy atom. The Kier molecular flexibility index (Phi) is 8.35. The third-order valence-corrected chi connectivity index (χ3v) is 8.74. The molecule has 0 aliphatic carbocycles. The van der Waals surface area contributed by atoms with Crippen LogP contribution in [0.3, 0.4) is 0 Å². The number of halogens is 1.